The smallest absolute Gasteiger partial charge is 0.322 e. The fourth-order valence-electron chi connectivity index (χ4n) is 1.75. The number of carbonyl (C=O) groups excluding carboxylic acids is 1. The van der Waals surface area contributed by atoms with Gasteiger partial charge in [-0.15, -0.1) is 10.2 Å². The molecule has 3 rings (SSSR count). The number of carbonyl (C=O) groups is 1. The van der Waals surface area contributed by atoms with Gasteiger partial charge in [0.25, 0.3) is 5.91 Å². The van der Waals surface area contributed by atoms with Gasteiger partial charge in [-0.3, -0.25) is 10.1 Å². The molecule has 2 heterocycles. The first-order valence-electron chi connectivity index (χ1n) is 6.29. The van der Waals surface area contributed by atoms with Crippen molar-refractivity contribution < 1.29 is 13.6 Å². The number of benzene rings is 1. The molecule has 2 aromatic heterocycles. The normalized spacial score (nSPS) is 10.6. The Bertz CT molecular complexity index is 799. The summed E-state index contributed by atoms with van der Waals surface area (Å²) in [5.41, 5.74) is 1.36. The zero-order chi connectivity index (χ0) is 15.5. The molecule has 0 fully saturated rings. The first-order valence-corrected chi connectivity index (χ1v) is 7.06. The van der Waals surface area contributed by atoms with Gasteiger partial charge in [-0.05, 0) is 36.2 Å². The van der Waals surface area contributed by atoms with E-state index in [-0.39, 0.29) is 11.8 Å². The molecule has 9 heteroatoms. The predicted octanol–water partition coefficient (Wildman–Crippen LogP) is 2.21. The molecular formula is C13H10FN5O2S. The molecule has 0 radical (unpaired) electrons. The maximum atomic E-state index is 12.8. The zero-order valence-electron chi connectivity index (χ0n) is 11.4. The lowest BCUT2D eigenvalue weighted by molar-refractivity contribution is 0.102. The first kappa shape index (κ1) is 14.3. The molecule has 0 unspecified atom stereocenters. The third kappa shape index (κ3) is 3.14. The number of nitrogens with one attached hydrogen (secondary N) is 1. The van der Waals surface area contributed by atoms with Crippen LogP contribution in [0.1, 0.15) is 26.8 Å². The van der Waals surface area contributed by atoms with Gasteiger partial charge < -0.3 is 4.42 Å². The third-order valence-corrected chi connectivity index (χ3v) is 3.64. The van der Waals surface area contributed by atoms with Crippen LogP contribution >= 0.6 is 11.5 Å². The average Bonchev–Trinajstić information content (AvgIpc) is 3.10. The highest BCUT2D eigenvalue weighted by atomic mass is 32.1. The van der Waals surface area contributed by atoms with Crippen LogP contribution in [-0.2, 0) is 6.42 Å². The number of aromatic nitrogens is 4. The van der Waals surface area contributed by atoms with Crippen molar-refractivity contribution in [2.45, 2.75) is 13.3 Å². The van der Waals surface area contributed by atoms with Gasteiger partial charge in [-0.25, -0.2) is 4.39 Å². The van der Waals surface area contributed by atoms with Crippen molar-refractivity contribution >= 4 is 23.5 Å². The minimum atomic E-state index is -0.399. The number of nitrogens with zero attached hydrogens (tertiary/aromatic N) is 4. The average molecular weight is 319 g/mol. The van der Waals surface area contributed by atoms with Crippen LogP contribution < -0.4 is 5.32 Å². The van der Waals surface area contributed by atoms with Crippen molar-refractivity contribution in [2.24, 2.45) is 0 Å². The Kier molecular flexibility index (Phi) is 3.88. The summed E-state index contributed by atoms with van der Waals surface area (Å²) < 4.78 is 21.9. The minimum Gasteiger partial charge on any atom is -0.407 e. The molecule has 0 bridgehead atoms. The molecule has 1 aromatic carbocycles. The number of aryl methyl sites for hydroxylation is 1. The van der Waals surface area contributed by atoms with E-state index in [1.165, 1.54) is 12.1 Å². The molecule has 3 aromatic rings. The molecule has 7 nitrogen and oxygen atoms in total. The minimum absolute atomic E-state index is 0.00471. The van der Waals surface area contributed by atoms with Crippen molar-refractivity contribution in [3.05, 3.63) is 52.1 Å². The molecule has 22 heavy (non-hydrogen) atoms. The molecule has 0 saturated carbocycles. The number of hydrogen-bond donors (Lipinski definition) is 1. The highest BCUT2D eigenvalue weighted by Gasteiger charge is 2.16. The van der Waals surface area contributed by atoms with Crippen LogP contribution in [0.2, 0.25) is 0 Å². The molecule has 112 valence electrons. The Balaban J connectivity index is 1.67. The first-order chi connectivity index (χ1) is 10.6. The molecule has 0 aliphatic rings. The lowest BCUT2D eigenvalue weighted by Gasteiger charge is -1.97. The van der Waals surface area contributed by atoms with Gasteiger partial charge in [-0.2, -0.15) is 0 Å². The van der Waals surface area contributed by atoms with E-state index in [9.17, 15) is 9.18 Å². The summed E-state index contributed by atoms with van der Waals surface area (Å²) in [4.78, 5) is 12.3. The van der Waals surface area contributed by atoms with E-state index in [4.69, 9.17) is 4.42 Å². The van der Waals surface area contributed by atoms with E-state index in [0.29, 0.717) is 22.9 Å². The highest BCUT2D eigenvalue weighted by Crippen LogP contribution is 2.15. The Morgan fingerprint density at radius 3 is 2.73 bits per heavy atom. The number of rotatable bonds is 4. The van der Waals surface area contributed by atoms with Gasteiger partial charge in [-0.1, -0.05) is 21.7 Å². The molecule has 0 spiro atoms. The Morgan fingerprint density at radius 2 is 2.05 bits per heavy atom. The lowest BCUT2D eigenvalue weighted by Crippen LogP contribution is -2.11. The number of hydrogen-bond acceptors (Lipinski definition) is 7. The van der Waals surface area contributed by atoms with Crippen LogP contribution in [0, 0.1) is 12.7 Å². The maximum absolute atomic E-state index is 12.8. The van der Waals surface area contributed by atoms with Crippen molar-refractivity contribution in [3.63, 3.8) is 0 Å². The summed E-state index contributed by atoms with van der Waals surface area (Å²) in [5.74, 6) is -0.388. The monoisotopic (exact) mass is 319 g/mol. The van der Waals surface area contributed by atoms with Crippen molar-refractivity contribution in [3.8, 4) is 0 Å². The Hall–Kier alpha value is -2.68. The van der Waals surface area contributed by atoms with E-state index in [0.717, 1.165) is 17.1 Å². The molecule has 1 N–H and O–H groups in total. The summed E-state index contributed by atoms with van der Waals surface area (Å²) in [6.07, 6.45) is 0.351. The van der Waals surface area contributed by atoms with Gasteiger partial charge in [0.15, 0.2) is 0 Å². The molecular weight excluding hydrogens is 309 g/mol. The second kappa shape index (κ2) is 5.98. The largest absolute Gasteiger partial charge is 0.407 e. The molecule has 0 aliphatic carbocycles. The third-order valence-electron chi connectivity index (χ3n) is 2.81. The van der Waals surface area contributed by atoms with Crippen LogP contribution in [0.5, 0.6) is 0 Å². The van der Waals surface area contributed by atoms with Crippen LogP contribution in [-0.4, -0.2) is 25.7 Å². The summed E-state index contributed by atoms with van der Waals surface area (Å²) in [6, 6.07) is 5.96. The van der Waals surface area contributed by atoms with E-state index in [1.807, 2.05) is 0 Å². The SMILES string of the molecule is Cc1nnsc1C(=O)Nc1nnc(Cc2ccc(F)cc2)o1. The van der Waals surface area contributed by atoms with E-state index < -0.39 is 5.91 Å². The van der Waals surface area contributed by atoms with Crippen LogP contribution in [0.3, 0.4) is 0 Å². The van der Waals surface area contributed by atoms with E-state index >= 15 is 0 Å². The summed E-state index contributed by atoms with van der Waals surface area (Å²) in [6.45, 7) is 1.69. The second-order valence-corrected chi connectivity index (χ2v) is 5.20. The van der Waals surface area contributed by atoms with Gasteiger partial charge in [0.05, 0.1) is 12.1 Å². The predicted molar refractivity (Wildman–Crippen MR) is 76.1 cm³/mol. The van der Waals surface area contributed by atoms with E-state index in [2.05, 4.69) is 25.1 Å². The van der Waals surface area contributed by atoms with Crippen molar-refractivity contribution in [1.82, 2.24) is 19.8 Å². The lowest BCUT2D eigenvalue weighted by atomic mass is 10.1. The van der Waals surface area contributed by atoms with Gasteiger partial charge in [0, 0.05) is 0 Å². The standard InChI is InChI=1S/C13H10FN5O2S/c1-7-11(22-19-16-7)12(20)15-13-18-17-10(21-13)6-8-2-4-9(14)5-3-8/h2-5H,6H2,1H3,(H,15,18,20). The fraction of sp³-hybridized carbons (Fsp3) is 0.154. The highest BCUT2D eigenvalue weighted by molar-refractivity contribution is 7.08. The quantitative estimate of drug-likeness (QED) is 0.792. The molecule has 1 amide bonds. The van der Waals surface area contributed by atoms with Crippen LogP contribution in [0.25, 0.3) is 0 Å². The summed E-state index contributed by atoms with van der Waals surface area (Å²) in [7, 11) is 0. The number of amides is 1. The second-order valence-electron chi connectivity index (χ2n) is 4.45. The number of halogens is 1. The fourth-order valence-corrected chi connectivity index (χ4v) is 2.30. The van der Waals surface area contributed by atoms with E-state index in [1.54, 1.807) is 19.1 Å². The van der Waals surface area contributed by atoms with Gasteiger partial charge in [0.2, 0.25) is 5.89 Å². The Morgan fingerprint density at radius 1 is 1.27 bits per heavy atom. The molecule has 0 aliphatic heterocycles. The summed E-state index contributed by atoms with van der Waals surface area (Å²) >= 11 is 0.989. The Labute approximate surface area is 128 Å². The van der Waals surface area contributed by atoms with Gasteiger partial charge in [0.1, 0.15) is 10.7 Å². The molecule has 0 atom stereocenters. The van der Waals surface area contributed by atoms with Gasteiger partial charge >= 0.3 is 6.01 Å². The summed E-state index contributed by atoms with van der Waals surface area (Å²) in [5, 5.41) is 13.8. The molecule has 0 saturated heterocycles. The van der Waals surface area contributed by atoms with Crippen LogP contribution in [0.15, 0.2) is 28.7 Å². The maximum Gasteiger partial charge on any atom is 0.322 e. The van der Waals surface area contributed by atoms with Crippen LogP contribution in [0.4, 0.5) is 10.4 Å². The number of anilines is 1. The topological polar surface area (TPSA) is 93.8 Å². The van der Waals surface area contributed by atoms with Crippen molar-refractivity contribution in [1.29, 1.82) is 0 Å². The van der Waals surface area contributed by atoms with Crippen molar-refractivity contribution in [2.75, 3.05) is 5.32 Å². The zero-order valence-corrected chi connectivity index (χ0v) is 12.2.